The Kier molecular flexibility index (Phi) is 4.50. The number of para-hydroxylation sites is 2. The molecule has 0 spiro atoms. The van der Waals surface area contributed by atoms with Crippen LogP contribution in [-0.2, 0) is 6.42 Å². The first-order valence-electron chi connectivity index (χ1n) is 7.89. The molecule has 2 aromatic rings. The number of methoxy groups -OCH3 is 1. The number of urea groups is 1. The number of amides is 2. The molecule has 1 N–H and O–H groups in total. The number of aromatic nitrogens is 1. The van der Waals surface area contributed by atoms with Gasteiger partial charge in [0.25, 0.3) is 0 Å². The summed E-state index contributed by atoms with van der Waals surface area (Å²) in [7, 11) is 1.59. The third-order valence-electron chi connectivity index (χ3n) is 4.13. The number of hydrogen-bond donors (Lipinski definition) is 1. The molecule has 1 aliphatic heterocycles. The summed E-state index contributed by atoms with van der Waals surface area (Å²) in [5, 5.41) is 6.95. The summed E-state index contributed by atoms with van der Waals surface area (Å²) in [4.78, 5) is 14.4. The van der Waals surface area contributed by atoms with Crippen LogP contribution in [0.25, 0.3) is 0 Å². The van der Waals surface area contributed by atoms with Gasteiger partial charge in [-0.25, -0.2) is 4.79 Å². The predicted octanol–water partition coefficient (Wildman–Crippen LogP) is 3.61. The van der Waals surface area contributed by atoms with Crippen molar-refractivity contribution in [1.82, 2.24) is 10.1 Å². The van der Waals surface area contributed by atoms with Gasteiger partial charge in [-0.3, -0.25) is 0 Å². The normalized spacial score (nSPS) is 17.3. The second-order valence-electron chi connectivity index (χ2n) is 5.56. The number of carbonyl (C=O) groups is 1. The molecule has 1 atom stereocenters. The lowest BCUT2D eigenvalue weighted by Gasteiger charge is -2.23. The molecule has 1 aromatic heterocycles. The molecule has 0 saturated carbocycles. The van der Waals surface area contributed by atoms with Crippen molar-refractivity contribution in [3.05, 3.63) is 41.8 Å². The first-order chi connectivity index (χ1) is 11.2. The molecule has 1 saturated heterocycles. The van der Waals surface area contributed by atoms with Crippen LogP contribution in [0.4, 0.5) is 10.5 Å². The van der Waals surface area contributed by atoms with Gasteiger partial charge in [0.2, 0.25) is 0 Å². The minimum absolute atomic E-state index is 0.0579. The maximum Gasteiger partial charge on any atom is 0.322 e. The maximum atomic E-state index is 12.6. The lowest BCUT2D eigenvalue weighted by molar-refractivity contribution is 0.195. The van der Waals surface area contributed by atoms with Crippen molar-refractivity contribution >= 4 is 11.7 Å². The number of rotatable bonds is 4. The highest BCUT2D eigenvalue weighted by molar-refractivity contribution is 5.91. The van der Waals surface area contributed by atoms with Crippen molar-refractivity contribution in [2.75, 3.05) is 19.0 Å². The quantitative estimate of drug-likeness (QED) is 0.936. The van der Waals surface area contributed by atoms with Gasteiger partial charge in [0.15, 0.2) is 5.76 Å². The molecule has 2 amide bonds. The highest BCUT2D eigenvalue weighted by Gasteiger charge is 2.33. The van der Waals surface area contributed by atoms with E-state index in [4.69, 9.17) is 9.26 Å². The zero-order valence-electron chi connectivity index (χ0n) is 13.4. The van der Waals surface area contributed by atoms with Crippen LogP contribution in [0.15, 0.2) is 34.9 Å². The molecule has 0 aliphatic carbocycles. The van der Waals surface area contributed by atoms with Gasteiger partial charge in [0, 0.05) is 12.6 Å². The number of aryl methyl sites for hydroxylation is 1. The number of anilines is 1. The standard InChI is InChI=1S/C17H21N3O3/c1-3-12-11-16(23-19-12)14-8-6-10-20(14)17(21)18-13-7-4-5-9-15(13)22-2/h4-5,7,9,11,14H,3,6,8,10H2,1-2H3,(H,18,21)/t14-/m0/s1. The van der Waals surface area contributed by atoms with E-state index in [1.807, 2.05) is 37.3 Å². The molecule has 3 rings (SSSR count). The maximum absolute atomic E-state index is 12.6. The molecule has 1 fully saturated rings. The summed E-state index contributed by atoms with van der Waals surface area (Å²) in [6, 6.07) is 9.12. The minimum Gasteiger partial charge on any atom is -0.495 e. The van der Waals surface area contributed by atoms with E-state index in [9.17, 15) is 4.79 Å². The Morgan fingerprint density at radius 3 is 3.04 bits per heavy atom. The number of likely N-dealkylation sites (tertiary alicyclic amines) is 1. The highest BCUT2D eigenvalue weighted by Crippen LogP contribution is 2.33. The van der Waals surface area contributed by atoms with E-state index < -0.39 is 0 Å². The Labute approximate surface area is 135 Å². The Hall–Kier alpha value is -2.50. The van der Waals surface area contributed by atoms with Crippen LogP contribution in [0, 0.1) is 0 Å². The fourth-order valence-corrected chi connectivity index (χ4v) is 2.89. The Morgan fingerprint density at radius 1 is 1.48 bits per heavy atom. The molecular formula is C17H21N3O3. The van der Waals surface area contributed by atoms with Gasteiger partial charge in [-0.1, -0.05) is 24.2 Å². The molecule has 2 heterocycles. The molecular weight excluding hydrogens is 294 g/mol. The van der Waals surface area contributed by atoms with Gasteiger partial charge in [0.1, 0.15) is 5.75 Å². The minimum atomic E-state index is -0.147. The largest absolute Gasteiger partial charge is 0.495 e. The van der Waals surface area contributed by atoms with Crippen LogP contribution in [0.3, 0.4) is 0 Å². The van der Waals surface area contributed by atoms with E-state index in [0.29, 0.717) is 18.0 Å². The van der Waals surface area contributed by atoms with E-state index in [0.717, 1.165) is 30.7 Å². The van der Waals surface area contributed by atoms with Crippen LogP contribution in [0.1, 0.15) is 37.3 Å². The van der Waals surface area contributed by atoms with Crippen molar-refractivity contribution in [3.8, 4) is 5.75 Å². The smallest absolute Gasteiger partial charge is 0.322 e. The molecule has 1 aromatic carbocycles. The lowest BCUT2D eigenvalue weighted by Crippen LogP contribution is -2.34. The molecule has 0 unspecified atom stereocenters. The topological polar surface area (TPSA) is 67.6 Å². The molecule has 0 radical (unpaired) electrons. The van der Waals surface area contributed by atoms with Crippen LogP contribution in [-0.4, -0.2) is 29.7 Å². The van der Waals surface area contributed by atoms with Gasteiger partial charge >= 0.3 is 6.03 Å². The average molecular weight is 315 g/mol. The third-order valence-corrected chi connectivity index (χ3v) is 4.13. The van der Waals surface area contributed by atoms with E-state index in [1.165, 1.54) is 0 Å². The van der Waals surface area contributed by atoms with Gasteiger partial charge in [-0.2, -0.15) is 0 Å². The zero-order valence-corrected chi connectivity index (χ0v) is 13.4. The van der Waals surface area contributed by atoms with Crippen molar-refractivity contribution in [2.24, 2.45) is 0 Å². The van der Waals surface area contributed by atoms with Crippen LogP contribution >= 0.6 is 0 Å². The molecule has 122 valence electrons. The summed E-state index contributed by atoms with van der Waals surface area (Å²) >= 11 is 0. The second kappa shape index (κ2) is 6.73. The van der Waals surface area contributed by atoms with Gasteiger partial charge in [-0.05, 0) is 31.4 Å². The monoisotopic (exact) mass is 315 g/mol. The third kappa shape index (κ3) is 3.16. The number of hydrogen-bond acceptors (Lipinski definition) is 4. The predicted molar refractivity (Wildman–Crippen MR) is 86.6 cm³/mol. The fourth-order valence-electron chi connectivity index (χ4n) is 2.89. The Morgan fingerprint density at radius 2 is 2.30 bits per heavy atom. The number of carbonyl (C=O) groups excluding carboxylic acids is 1. The van der Waals surface area contributed by atoms with E-state index in [2.05, 4.69) is 10.5 Å². The Balaban J connectivity index is 1.75. The fraction of sp³-hybridized carbons (Fsp3) is 0.412. The van der Waals surface area contributed by atoms with Crippen molar-refractivity contribution < 1.29 is 14.1 Å². The van der Waals surface area contributed by atoms with Crippen LogP contribution < -0.4 is 10.1 Å². The number of nitrogens with one attached hydrogen (secondary N) is 1. The number of nitrogens with zero attached hydrogens (tertiary/aromatic N) is 2. The van der Waals surface area contributed by atoms with Gasteiger partial charge in [0.05, 0.1) is 24.5 Å². The first-order valence-corrected chi connectivity index (χ1v) is 7.89. The summed E-state index contributed by atoms with van der Waals surface area (Å²) < 4.78 is 10.7. The SMILES string of the molecule is CCc1cc([C@@H]2CCCN2C(=O)Nc2ccccc2OC)on1. The molecule has 23 heavy (non-hydrogen) atoms. The van der Waals surface area contributed by atoms with Crippen LogP contribution in [0.2, 0.25) is 0 Å². The van der Waals surface area contributed by atoms with E-state index in [-0.39, 0.29) is 12.1 Å². The van der Waals surface area contributed by atoms with Crippen molar-refractivity contribution in [1.29, 1.82) is 0 Å². The summed E-state index contributed by atoms with van der Waals surface area (Å²) in [5.41, 5.74) is 1.58. The van der Waals surface area contributed by atoms with Crippen molar-refractivity contribution in [2.45, 2.75) is 32.2 Å². The average Bonchev–Trinajstić information content (AvgIpc) is 3.23. The van der Waals surface area contributed by atoms with E-state index in [1.54, 1.807) is 12.0 Å². The lowest BCUT2D eigenvalue weighted by atomic mass is 10.1. The zero-order chi connectivity index (χ0) is 16.2. The molecule has 1 aliphatic rings. The summed E-state index contributed by atoms with van der Waals surface area (Å²) in [6.07, 6.45) is 2.66. The molecule has 6 heteroatoms. The van der Waals surface area contributed by atoms with E-state index >= 15 is 0 Å². The number of ether oxygens (including phenoxy) is 1. The summed E-state index contributed by atoms with van der Waals surface area (Å²) in [6.45, 7) is 2.73. The van der Waals surface area contributed by atoms with Crippen LogP contribution in [0.5, 0.6) is 5.75 Å². The van der Waals surface area contributed by atoms with Gasteiger partial charge < -0.3 is 19.5 Å². The summed E-state index contributed by atoms with van der Waals surface area (Å²) in [5.74, 6) is 1.40. The molecule has 6 nitrogen and oxygen atoms in total. The molecule has 0 bridgehead atoms. The highest BCUT2D eigenvalue weighted by atomic mass is 16.5. The number of benzene rings is 1. The first kappa shape index (κ1) is 15.4. The van der Waals surface area contributed by atoms with Crippen molar-refractivity contribution in [3.63, 3.8) is 0 Å². The Bertz CT molecular complexity index is 683. The second-order valence-corrected chi connectivity index (χ2v) is 5.56. The van der Waals surface area contributed by atoms with Gasteiger partial charge in [-0.15, -0.1) is 0 Å².